The fourth-order valence-corrected chi connectivity index (χ4v) is 3.01. The van der Waals surface area contributed by atoms with E-state index in [1.54, 1.807) is 62.4 Å². The van der Waals surface area contributed by atoms with Gasteiger partial charge in [-0.1, -0.05) is 18.2 Å². The van der Waals surface area contributed by atoms with Gasteiger partial charge in [-0.15, -0.1) is 0 Å². The number of aromatic nitrogens is 2. The molecular weight excluding hydrogens is 398 g/mol. The molecule has 1 unspecified atom stereocenters. The molecule has 160 valence electrons. The summed E-state index contributed by atoms with van der Waals surface area (Å²) in [6.07, 6.45) is -1.11. The van der Waals surface area contributed by atoms with Crippen LogP contribution in [0.3, 0.4) is 0 Å². The van der Waals surface area contributed by atoms with Crippen molar-refractivity contribution >= 4 is 34.1 Å². The van der Waals surface area contributed by atoms with Crippen LogP contribution in [0.4, 0.5) is 5.69 Å². The molecule has 0 aliphatic heterocycles. The Morgan fingerprint density at radius 3 is 2.16 bits per heavy atom. The van der Waals surface area contributed by atoms with E-state index in [2.05, 4.69) is 10.4 Å². The monoisotopic (exact) mass is 421 g/mol. The van der Waals surface area contributed by atoms with E-state index in [4.69, 9.17) is 4.74 Å². The molecule has 0 saturated carbocycles. The maximum atomic E-state index is 12.8. The highest BCUT2D eigenvalue weighted by Crippen LogP contribution is 2.17. The second-order valence-electron chi connectivity index (χ2n) is 7.41. The Bertz CT molecular complexity index is 1210. The first-order valence-electron chi connectivity index (χ1n) is 9.83. The molecule has 0 radical (unpaired) electrons. The van der Waals surface area contributed by atoms with Crippen LogP contribution in [0.5, 0.6) is 0 Å². The summed E-state index contributed by atoms with van der Waals surface area (Å²) in [7, 11) is 0. The van der Waals surface area contributed by atoms with Gasteiger partial charge in [0.15, 0.2) is 17.6 Å². The van der Waals surface area contributed by atoms with Gasteiger partial charge in [-0.3, -0.25) is 14.4 Å². The SMILES string of the molecule is CC(=O)c1ccc(NC(=O)C(C)OC(=O)c2nn(C(C)C)c(=O)c3ccccc23)cc1. The average molecular weight is 421 g/mol. The standard InChI is InChI=1S/C23H23N3O5/c1-13(2)26-22(29)19-8-6-5-7-18(19)20(25-26)23(30)31-15(4)21(28)24-17-11-9-16(10-12-17)14(3)27/h5-13,15H,1-4H3,(H,24,28). The van der Waals surface area contributed by atoms with Gasteiger partial charge < -0.3 is 10.1 Å². The zero-order valence-corrected chi connectivity index (χ0v) is 17.7. The Labute approximate surface area is 178 Å². The van der Waals surface area contributed by atoms with E-state index in [0.29, 0.717) is 22.0 Å². The number of amides is 1. The summed E-state index contributed by atoms with van der Waals surface area (Å²) in [6.45, 7) is 6.46. The molecule has 1 amide bonds. The van der Waals surface area contributed by atoms with Gasteiger partial charge in [0.1, 0.15) is 0 Å². The minimum atomic E-state index is -1.11. The number of hydrogen-bond acceptors (Lipinski definition) is 6. The van der Waals surface area contributed by atoms with Crippen LogP contribution >= 0.6 is 0 Å². The fraction of sp³-hybridized carbons (Fsp3) is 0.261. The van der Waals surface area contributed by atoms with Gasteiger partial charge in [0.05, 0.1) is 11.4 Å². The Morgan fingerprint density at radius 2 is 1.58 bits per heavy atom. The third kappa shape index (κ3) is 4.69. The number of rotatable bonds is 6. The molecule has 3 rings (SSSR count). The summed E-state index contributed by atoms with van der Waals surface area (Å²) in [5.41, 5.74) is 0.654. The molecule has 0 saturated heterocycles. The van der Waals surface area contributed by atoms with E-state index in [0.717, 1.165) is 0 Å². The largest absolute Gasteiger partial charge is 0.448 e. The number of ketones is 1. The van der Waals surface area contributed by atoms with Crippen LogP contribution < -0.4 is 10.9 Å². The number of hydrogen-bond donors (Lipinski definition) is 1. The second-order valence-corrected chi connectivity index (χ2v) is 7.41. The number of fused-ring (bicyclic) bond motifs is 1. The molecule has 2 aromatic carbocycles. The molecule has 0 spiro atoms. The van der Waals surface area contributed by atoms with Crippen molar-refractivity contribution in [2.24, 2.45) is 0 Å². The second kappa shape index (κ2) is 8.91. The molecule has 1 N–H and O–H groups in total. The van der Waals surface area contributed by atoms with Gasteiger partial charge in [0.25, 0.3) is 11.5 Å². The van der Waals surface area contributed by atoms with E-state index >= 15 is 0 Å². The highest BCUT2D eigenvalue weighted by molar-refractivity contribution is 6.04. The number of nitrogens with one attached hydrogen (secondary N) is 1. The molecule has 0 fully saturated rings. The molecule has 0 bridgehead atoms. The van der Waals surface area contributed by atoms with Crippen molar-refractivity contribution in [1.29, 1.82) is 0 Å². The molecule has 3 aromatic rings. The van der Waals surface area contributed by atoms with Crippen molar-refractivity contribution < 1.29 is 19.1 Å². The highest BCUT2D eigenvalue weighted by atomic mass is 16.5. The number of esters is 1. The van der Waals surface area contributed by atoms with Crippen LogP contribution in [-0.2, 0) is 9.53 Å². The third-order valence-electron chi connectivity index (χ3n) is 4.72. The van der Waals surface area contributed by atoms with Gasteiger partial charge >= 0.3 is 5.97 Å². The molecule has 1 aromatic heterocycles. The lowest BCUT2D eigenvalue weighted by atomic mass is 10.1. The van der Waals surface area contributed by atoms with Crippen molar-refractivity contribution in [2.45, 2.75) is 39.8 Å². The first-order valence-corrected chi connectivity index (χ1v) is 9.83. The highest BCUT2D eigenvalue weighted by Gasteiger charge is 2.24. The van der Waals surface area contributed by atoms with Crippen molar-refractivity contribution in [2.75, 3.05) is 5.32 Å². The third-order valence-corrected chi connectivity index (χ3v) is 4.72. The minimum absolute atomic E-state index is 0.0330. The zero-order valence-electron chi connectivity index (χ0n) is 17.7. The van der Waals surface area contributed by atoms with Crippen LogP contribution in [-0.4, -0.2) is 33.5 Å². The van der Waals surface area contributed by atoms with Gasteiger partial charge in [-0.05, 0) is 58.0 Å². The van der Waals surface area contributed by atoms with E-state index < -0.39 is 18.0 Å². The fourth-order valence-electron chi connectivity index (χ4n) is 3.01. The lowest BCUT2D eigenvalue weighted by molar-refractivity contribution is -0.123. The normalized spacial score (nSPS) is 11.9. The van der Waals surface area contributed by atoms with Crippen molar-refractivity contribution in [3.8, 4) is 0 Å². The molecular formula is C23H23N3O5. The number of anilines is 1. The van der Waals surface area contributed by atoms with E-state index in [1.807, 2.05) is 0 Å². The molecule has 1 heterocycles. The Balaban J connectivity index is 1.81. The topological polar surface area (TPSA) is 107 Å². The number of carbonyl (C=O) groups is 3. The Morgan fingerprint density at radius 1 is 0.968 bits per heavy atom. The van der Waals surface area contributed by atoms with Crippen molar-refractivity contribution in [3.05, 3.63) is 70.1 Å². The van der Waals surface area contributed by atoms with Crippen molar-refractivity contribution in [1.82, 2.24) is 9.78 Å². The van der Waals surface area contributed by atoms with E-state index in [9.17, 15) is 19.2 Å². The molecule has 1 atom stereocenters. The number of nitrogens with zero attached hydrogens (tertiary/aromatic N) is 2. The smallest absolute Gasteiger partial charge is 0.360 e. The molecule has 0 aliphatic carbocycles. The number of ether oxygens (including phenoxy) is 1. The number of Topliss-reactive ketones (excluding diaryl/α,β-unsaturated/α-hetero) is 1. The maximum absolute atomic E-state index is 12.8. The Kier molecular flexibility index (Phi) is 6.29. The van der Waals surface area contributed by atoms with Crippen LogP contribution in [0, 0.1) is 0 Å². The lowest BCUT2D eigenvalue weighted by Gasteiger charge is -2.16. The lowest BCUT2D eigenvalue weighted by Crippen LogP contribution is -2.32. The maximum Gasteiger partial charge on any atom is 0.360 e. The van der Waals surface area contributed by atoms with Crippen LogP contribution in [0.25, 0.3) is 10.8 Å². The van der Waals surface area contributed by atoms with Gasteiger partial charge in [0.2, 0.25) is 0 Å². The number of carbonyl (C=O) groups excluding carboxylic acids is 3. The number of benzene rings is 2. The average Bonchev–Trinajstić information content (AvgIpc) is 2.74. The molecule has 8 nitrogen and oxygen atoms in total. The minimum Gasteiger partial charge on any atom is -0.448 e. The Hall–Kier alpha value is -3.81. The summed E-state index contributed by atoms with van der Waals surface area (Å²) in [4.78, 5) is 49.2. The van der Waals surface area contributed by atoms with Crippen LogP contribution in [0.2, 0.25) is 0 Å². The molecule has 8 heteroatoms. The quantitative estimate of drug-likeness (QED) is 0.483. The summed E-state index contributed by atoms with van der Waals surface area (Å²) < 4.78 is 6.55. The predicted octanol–water partition coefficient (Wildman–Crippen LogP) is 3.36. The van der Waals surface area contributed by atoms with Gasteiger partial charge in [-0.25, -0.2) is 9.48 Å². The van der Waals surface area contributed by atoms with Crippen molar-refractivity contribution in [3.63, 3.8) is 0 Å². The predicted molar refractivity (Wildman–Crippen MR) is 116 cm³/mol. The first kappa shape index (κ1) is 21.9. The summed E-state index contributed by atoms with van der Waals surface area (Å²) >= 11 is 0. The summed E-state index contributed by atoms with van der Waals surface area (Å²) in [5, 5.41) is 7.54. The van der Waals surface area contributed by atoms with Gasteiger partial charge in [-0.2, -0.15) is 5.10 Å². The van der Waals surface area contributed by atoms with E-state index in [1.165, 1.54) is 18.5 Å². The summed E-state index contributed by atoms with van der Waals surface area (Å²) in [5.74, 6) is -1.42. The van der Waals surface area contributed by atoms with Crippen LogP contribution in [0.15, 0.2) is 53.3 Å². The summed E-state index contributed by atoms with van der Waals surface area (Å²) in [6, 6.07) is 12.8. The van der Waals surface area contributed by atoms with E-state index in [-0.39, 0.29) is 23.1 Å². The zero-order chi connectivity index (χ0) is 22.7. The molecule has 0 aliphatic rings. The van der Waals surface area contributed by atoms with Crippen LogP contribution in [0.1, 0.15) is 54.6 Å². The van der Waals surface area contributed by atoms with Gasteiger partial charge in [0, 0.05) is 16.6 Å². The first-order chi connectivity index (χ1) is 14.7. The molecule has 31 heavy (non-hydrogen) atoms.